The number of piperazine rings is 1. The van der Waals surface area contributed by atoms with Crippen molar-refractivity contribution in [1.82, 2.24) is 69.1 Å². The van der Waals surface area contributed by atoms with Crippen molar-refractivity contribution in [2.24, 2.45) is 7.05 Å². The number of aliphatic hydroxyl groups excluding tert-OH is 1. The lowest BCUT2D eigenvalue weighted by atomic mass is 9.98. The van der Waals surface area contributed by atoms with E-state index in [9.17, 15) is 32.3 Å². The third-order valence-corrected chi connectivity index (χ3v) is 16.4. The summed E-state index contributed by atoms with van der Waals surface area (Å²) >= 11 is 6.26. The summed E-state index contributed by atoms with van der Waals surface area (Å²) in [6.07, 6.45) is 3.85. The van der Waals surface area contributed by atoms with E-state index in [2.05, 4.69) is 91.8 Å². The predicted octanol–water partition coefficient (Wildman–Crippen LogP) is 8.99. The highest BCUT2D eigenvalue weighted by atomic mass is 35.5. The molecule has 1 aliphatic heterocycles. The molecule has 0 aliphatic carbocycles. The van der Waals surface area contributed by atoms with E-state index in [0.717, 1.165) is 59.5 Å². The molecule has 26 heteroatoms. The Kier molecular flexibility index (Phi) is 19.9. The number of imidazole rings is 2. The zero-order valence-corrected chi connectivity index (χ0v) is 49.8. The Bertz CT molecular complexity index is 4160. The Morgan fingerprint density at radius 1 is 0.826 bits per heavy atom. The van der Waals surface area contributed by atoms with Gasteiger partial charge in [-0.2, -0.15) is 14.6 Å². The molecular weight excluding hydrogens is 1150 g/mol. The maximum atomic E-state index is 13.3. The number of rotatable bonds is 18. The van der Waals surface area contributed by atoms with Crippen LogP contribution in [0.15, 0.2) is 119 Å². The van der Waals surface area contributed by atoms with Gasteiger partial charge in [0.15, 0.2) is 16.5 Å². The number of aromatic nitrogens is 12. The van der Waals surface area contributed by atoms with Crippen molar-refractivity contribution < 1.29 is 37.0 Å². The number of amides is 1. The van der Waals surface area contributed by atoms with Crippen molar-refractivity contribution in [2.75, 3.05) is 52.3 Å². The van der Waals surface area contributed by atoms with Gasteiger partial charge < -0.3 is 34.0 Å². The first kappa shape index (κ1) is 61.5. The third-order valence-electron chi connectivity index (χ3n) is 14.2. The number of aliphatic hydroxyl groups is 1. The largest absolute Gasteiger partial charge is 0.493 e. The highest BCUT2D eigenvalue weighted by Gasteiger charge is 2.29. The van der Waals surface area contributed by atoms with E-state index in [0.29, 0.717) is 107 Å². The number of likely N-dealkylation sites (N-methyl/N-ethyl adjacent to an activating group) is 1. The Labute approximate surface area is 499 Å². The minimum Gasteiger partial charge on any atom is -0.493 e. The van der Waals surface area contributed by atoms with Crippen LogP contribution < -0.4 is 15.6 Å². The van der Waals surface area contributed by atoms with Crippen LogP contribution in [-0.4, -0.2) is 141 Å². The number of halogens is 2. The number of aryl methyl sites for hydroxylation is 3. The molecule has 5 aromatic heterocycles. The van der Waals surface area contributed by atoms with E-state index in [-0.39, 0.29) is 34.6 Å². The number of sulfonamides is 1. The summed E-state index contributed by atoms with van der Waals surface area (Å²) in [6, 6.07) is 31.3. The number of carbonyl (C=O) groups excluding carboxylic acids is 2. The quantitative estimate of drug-likeness (QED) is 0.0501. The molecule has 5 aromatic carbocycles. The van der Waals surface area contributed by atoms with E-state index in [1.165, 1.54) is 40.4 Å². The van der Waals surface area contributed by atoms with Gasteiger partial charge in [0.25, 0.3) is 5.56 Å². The molecule has 23 nitrogen and oxygen atoms in total. The number of aromatic amines is 3. The lowest BCUT2D eigenvalue weighted by Gasteiger charge is -2.31. The Hall–Kier alpha value is -9.01. The number of ether oxygens (including phenoxy) is 2. The summed E-state index contributed by atoms with van der Waals surface area (Å²) in [5, 5.41) is 31.4. The van der Waals surface area contributed by atoms with Gasteiger partial charge in [-0.15, -0.1) is 10.2 Å². The van der Waals surface area contributed by atoms with Crippen molar-refractivity contribution in [2.45, 2.75) is 70.9 Å². The number of anilines is 1. The molecule has 0 saturated carbocycles. The topological polar surface area (TPSA) is 290 Å². The first-order valence-corrected chi connectivity index (χ1v) is 29.7. The number of methoxy groups -OCH3 is 1. The standard InChI is InChI=1S/C22H23ClN6O.C22H30N6O4S.C16H12FN3O3/c1-2-3-8-20-24-21(23)19(14-30)29(20)13-15-9-11-16(12-10-15)17-6-4-5-7-18(17)22-25-27-28-26-22;1-5-7-17-19-20(27(4)25-17)22(29)24-21(23-19)16-14-15(8-9-18(16)32-6-2)33(30,31)28-12-10-26(3)11-13-28;1-23-16(22)20-15-18-12-7-4-10(8-13(12)19-15)14(21)9-2-5-11(17)6-3-9/h4-7,9-12,30H,2-3,8,13-14H2,1H3,(H,25,26,27,28);8-9,14H,5-7,10-13H2,1-4H3,(H,23,24,29);2-8H,1H3,(H2,18,19,20,22). The van der Waals surface area contributed by atoms with Gasteiger partial charge in [-0.05, 0) is 109 Å². The first-order chi connectivity index (χ1) is 41.5. The molecule has 1 amide bonds. The minimum absolute atomic E-state index is 0.131. The average Bonchev–Trinajstić information content (AvgIpc) is 3.22. The van der Waals surface area contributed by atoms with Gasteiger partial charge in [0.05, 0.1) is 53.2 Å². The van der Waals surface area contributed by atoms with Crippen LogP contribution >= 0.6 is 11.6 Å². The van der Waals surface area contributed by atoms with Crippen molar-refractivity contribution in [3.63, 3.8) is 0 Å². The van der Waals surface area contributed by atoms with Gasteiger partial charge in [0.2, 0.25) is 21.8 Å². The lowest BCUT2D eigenvalue weighted by Crippen LogP contribution is -2.47. The molecule has 1 fully saturated rings. The van der Waals surface area contributed by atoms with Crippen molar-refractivity contribution in [3.8, 4) is 39.7 Å². The van der Waals surface area contributed by atoms with Crippen LogP contribution in [0.3, 0.4) is 0 Å². The van der Waals surface area contributed by atoms with Crippen molar-refractivity contribution in [3.05, 3.63) is 164 Å². The number of carbonyl (C=O) groups is 2. The summed E-state index contributed by atoms with van der Waals surface area (Å²) in [4.78, 5) is 57.7. The van der Waals surface area contributed by atoms with Crippen LogP contribution in [0.5, 0.6) is 5.75 Å². The van der Waals surface area contributed by atoms with Gasteiger partial charge in [-0.25, -0.2) is 32.6 Å². The summed E-state index contributed by atoms with van der Waals surface area (Å²) in [6.45, 7) is 9.11. The average molecular weight is 1210 g/mol. The predicted molar refractivity (Wildman–Crippen MR) is 324 cm³/mol. The molecule has 448 valence electrons. The molecule has 0 radical (unpaired) electrons. The van der Waals surface area contributed by atoms with Gasteiger partial charge in [0.1, 0.15) is 28.7 Å². The summed E-state index contributed by atoms with van der Waals surface area (Å²) < 4.78 is 54.9. The Morgan fingerprint density at radius 3 is 2.23 bits per heavy atom. The zero-order valence-electron chi connectivity index (χ0n) is 48.3. The second-order valence-electron chi connectivity index (χ2n) is 20.1. The molecule has 0 unspecified atom stereocenters. The molecule has 10 aromatic rings. The molecule has 1 aliphatic rings. The zero-order chi connectivity index (χ0) is 61.1. The number of hydrogen-bond acceptors (Lipinski definition) is 16. The van der Waals surface area contributed by atoms with E-state index in [4.69, 9.17) is 21.3 Å². The molecule has 1 saturated heterocycles. The van der Waals surface area contributed by atoms with Crippen LogP contribution in [0, 0.1) is 5.82 Å². The number of tetrazole rings is 1. The van der Waals surface area contributed by atoms with Crippen LogP contribution in [0.4, 0.5) is 15.1 Å². The summed E-state index contributed by atoms with van der Waals surface area (Å²) in [5.74, 6) is 1.79. The fourth-order valence-corrected chi connectivity index (χ4v) is 11.5. The van der Waals surface area contributed by atoms with Gasteiger partial charge >= 0.3 is 6.09 Å². The molecule has 0 bridgehead atoms. The maximum absolute atomic E-state index is 13.3. The van der Waals surface area contributed by atoms with Crippen LogP contribution in [-0.2, 0) is 47.8 Å². The number of benzene rings is 5. The number of hydrogen-bond donors (Lipinski definition) is 5. The van der Waals surface area contributed by atoms with Crippen molar-refractivity contribution in [1.29, 1.82) is 0 Å². The number of nitrogens with one attached hydrogen (secondary N) is 4. The normalized spacial score (nSPS) is 12.8. The molecular formula is C60H65ClFN15O8S. The molecule has 0 spiro atoms. The SMILES string of the molecule is CCCCc1nc(Cl)c(CO)n1Cc1ccc(-c2ccccc2-c2nn[nH]n2)cc1.CCCc1nn(C)c2c(=O)[nH]c(-c3cc(S(=O)(=O)N4CCN(C)CC4)ccc3OCC)nc12.COC(=O)Nc1nc2ccc(C(=O)c3ccc(F)cc3)cc2[nH]1. The fourth-order valence-electron chi connectivity index (χ4n) is 9.77. The maximum Gasteiger partial charge on any atom is 0.413 e. The molecule has 5 N–H and O–H groups in total. The monoisotopic (exact) mass is 1210 g/mol. The number of nitrogens with zero attached hydrogens (tertiary/aromatic N) is 11. The minimum atomic E-state index is -3.70. The summed E-state index contributed by atoms with van der Waals surface area (Å²) in [7, 11) is 1.24. The number of unbranched alkanes of at least 4 members (excludes halogenated alkanes) is 1. The van der Waals surface area contributed by atoms with E-state index >= 15 is 0 Å². The number of H-pyrrole nitrogens is 3. The smallest absolute Gasteiger partial charge is 0.413 e. The third kappa shape index (κ3) is 14.0. The highest BCUT2D eigenvalue weighted by molar-refractivity contribution is 7.89. The molecule has 86 heavy (non-hydrogen) atoms. The fraction of sp³-hybridized carbons (Fsp3) is 0.300. The van der Waals surface area contributed by atoms with Crippen LogP contribution in [0.25, 0.3) is 56.0 Å². The van der Waals surface area contributed by atoms with E-state index < -0.39 is 21.9 Å². The molecule has 0 atom stereocenters. The summed E-state index contributed by atoms with van der Waals surface area (Å²) in [5.41, 5.74) is 8.53. The van der Waals surface area contributed by atoms with E-state index in [1.54, 1.807) is 43.4 Å². The lowest BCUT2D eigenvalue weighted by molar-refractivity contribution is 0.103. The first-order valence-electron chi connectivity index (χ1n) is 27.9. The van der Waals surface area contributed by atoms with Crippen LogP contribution in [0.2, 0.25) is 5.15 Å². The highest BCUT2D eigenvalue weighted by Crippen LogP contribution is 2.34. The number of fused-ring (bicyclic) bond motifs is 2. The van der Waals surface area contributed by atoms with Gasteiger partial charge in [0, 0.05) is 62.9 Å². The second-order valence-corrected chi connectivity index (χ2v) is 22.4. The van der Waals surface area contributed by atoms with Crippen LogP contribution in [0.1, 0.15) is 78.7 Å². The molecule has 6 heterocycles. The Morgan fingerprint density at radius 2 is 1.56 bits per heavy atom. The Balaban J connectivity index is 0.000000157. The van der Waals surface area contributed by atoms with Gasteiger partial charge in [-0.3, -0.25) is 19.6 Å². The van der Waals surface area contributed by atoms with Gasteiger partial charge in [-0.1, -0.05) is 86.8 Å². The van der Waals surface area contributed by atoms with E-state index in [1.807, 2.05) is 49.7 Å². The number of ketones is 1. The molecule has 11 rings (SSSR count). The van der Waals surface area contributed by atoms with Crippen molar-refractivity contribution >= 4 is 61.5 Å². The second kappa shape index (κ2) is 27.8.